The maximum atomic E-state index is 12.9. The highest BCUT2D eigenvalue weighted by Gasteiger charge is 2.40. The second-order valence-corrected chi connectivity index (χ2v) is 8.19. The zero-order valence-corrected chi connectivity index (χ0v) is 18.7. The van der Waals surface area contributed by atoms with E-state index in [1.165, 1.54) is 0 Å². The van der Waals surface area contributed by atoms with E-state index in [0.29, 0.717) is 13.0 Å². The first kappa shape index (κ1) is 24.3. The first-order chi connectivity index (χ1) is 14.3. The molecule has 7 heteroatoms. The molecule has 1 heterocycles. The molecular weight excluding hydrogens is 384 g/mol. The van der Waals surface area contributed by atoms with Gasteiger partial charge in [0.05, 0.1) is 42.7 Å². The van der Waals surface area contributed by atoms with Crippen LogP contribution in [0.4, 0.5) is 0 Å². The van der Waals surface area contributed by atoms with Gasteiger partial charge in [0.15, 0.2) is 0 Å². The Hall–Kier alpha value is -1.96. The van der Waals surface area contributed by atoms with E-state index in [4.69, 9.17) is 9.47 Å². The van der Waals surface area contributed by atoms with Gasteiger partial charge in [-0.1, -0.05) is 37.3 Å². The van der Waals surface area contributed by atoms with Gasteiger partial charge in [0.1, 0.15) is 0 Å². The molecule has 2 rings (SSSR count). The highest BCUT2D eigenvalue weighted by Crippen LogP contribution is 2.27. The van der Waals surface area contributed by atoms with E-state index in [-0.39, 0.29) is 24.0 Å². The maximum absolute atomic E-state index is 12.9. The second kappa shape index (κ2) is 11.4. The van der Waals surface area contributed by atoms with Crippen molar-refractivity contribution in [2.75, 3.05) is 20.8 Å². The Morgan fingerprint density at radius 2 is 1.83 bits per heavy atom. The van der Waals surface area contributed by atoms with E-state index >= 15 is 0 Å². The number of ether oxygens (including phenoxy) is 2. The highest BCUT2D eigenvalue weighted by atomic mass is 16.5. The van der Waals surface area contributed by atoms with E-state index in [9.17, 15) is 14.7 Å². The molecule has 0 bridgehead atoms. The van der Waals surface area contributed by atoms with Gasteiger partial charge in [0, 0.05) is 20.8 Å². The summed E-state index contributed by atoms with van der Waals surface area (Å²) in [5.74, 6) is -0.651. The predicted octanol–water partition coefficient (Wildman–Crippen LogP) is 2.29. The summed E-state index contributed by atoms with van der Waals surface area (Å²) in [5.41, 5.74) is 0.751. The van der Waals surface area contributed by atoms with Crippen LogP contribution in [-0.4, -0.2) is 66.9 Å². The number of benzene rings is 1. The molecule has 0 radical (unpaired) electrons. The number of likely N-dealkylation sites (tertiary alicyclic amines) is 1. The van der Waals surface area contributed by atoms with Crippen LogP contribution in [0, 0.1) is 5.92 Å². The number of amides is 2. The quantitative estimate of drug-likeness (QED) is 0.606. The van der Waals surface area contributed by atoms with Crippen LogP contribution in [0.3, 0.4) is 0 Å². The van der Waals surface area contributed by atoms with Gasteiger partial charge in [-0.25, -0.2) is 0 Å². The third kappa shape index (κ3) is 6.03. The van der Waals surface area contributed by atoms with Gasteiger partial charge in [-0.3, -0.25) is 9.59 Å². The average molecular weight is 421 g/mol. The molecule has 1 aromatic carbocycles. The summed E-state index contributed by atoms with van der Waals surface area (Å²) in [6.07, 6.45) is 0.616. The van der Waals surface area contributed by atoms with Crippen molar-refractivity contribution in [3.63, 3.8) is 0 Å². The zero-order valence-electron chi connectivity index (χ0n) is 18.7. The van der Waals surface area contributed by atoms with Crippen LogP contribution in [-0.2, 0) is 19.1 Å². The molecule has 0 aromatic heterocycles. The summed E-state index contributed by atoms with van der Waals surface area (Å²) in [6.45, 7) is 6.12. The molecule has 1 aromatic rings. The maximum Gasteiger partial charge on any atom is 0.225 e. The van der Waals surface area contributed by atoms with Crippen molar-refractivity contribution >= 4 is 11.8 Å². The summed E-state index contributed by atoms with van der Waals surface area (Å²) in [5, 5.41) is 13.4. The number of methoxy groups -OCH3 is 2. The standard InChI is InChI=1S/C23H36N2O5/c1-15(29-4)14-20(26)25-13-9-12-19(25)22(30-5)16(2)23(28)24-17(3)21(27)18-10-7-6-8-11-18/h6-8,10-11,15-17,19,21-22,27H,9,12-14H2,1-5H3,(H,24,28)/t15-,16+,17-,19-,21-,22-/m0/s1. The minimum Gasteiger partial charge on any atom is -0.386 e. The lowest BCUT2D eigenvalue weighted by atomic mass is 9.94. The Morgan fingerprint density at radius 1 is 1.17 bits per heavy atom. The van der Waals surface area contributed by atoms with Crippen LogP contribution in [0.25, 0.3) is 0 Å². The van der Waals surface area contributed by atoms with Crippen LogP contribution in [0.15, 0.2) is 30.3 Å². The Labute approximate surface area is 179 Å². The fourth-order valence-electron chi connectivity index (χ4n) is 4.11. The van der Waals surface area contributed by atoms with Crippen molar-refractivity contribution in [2.24, 2.45) is 5.92 Å². The van der Waals surface area contributed by atoms with Crippen molar-refractivity contribution in [1.82, 2.24) is 10.2 Å². The normalized spacial score (nSPS) is 21.5. The SMILES string of the molecule is CO[C@@H]([C@@H](C)C(=O)N[C@@H](C)[C@H](O)c1ccccc1)[C@@H]1CCCN1C(=O)C[C@H](C)OC. The van der Waals surface area contributed by atoms with Gasteiger partial charge in [-0.15, -0.1) is 0 Å². The molecule has 1 aliphatic rings. The number of rotatable bonds is 10. The van der Waals surface area contributed by atoms with E-state index in [0.717, 1.165) is 18.4 Å². The summed E-state index contributed by atoms with van der Waals surface area (Å²) in [6, 6.07) is 8.65. The lowest BCUT2D eigenvalue weighted by Gasteiger charge is -2.35. The molecule has 1 aliphatic heterocycles. The fourth-order valence-corrected chi connectivity index (χ4v) is 4.11. The van der Waals surface area contributed by atoms with E-state index in [1.807, 2.05) is 49.1 Å². The topological polar surface area (TPSA) is 88.1 Å². The zero-order chi connectivity index (χ0) is 22.3. The van der Waals surface area contributed by atoms with Crippen molar-refractivity contribution in [1.29, 1.82) is 0 Å². The first-order valence-corrected chi connectivity index (χ1v) is 10.7. The molecule has 168 valence electrons. The molecule has 0 aliphatic carbocycles. The Morgan fingerprint density at radius 3 is 2.43 bits per heavy atom. The number of nitrogens with one attached hydrogen (secondary N) is 1. The third-order valence-corrected chi connectivity index (χ3v) is 6.03. The molecule has 2 amide bonds. The molecule has 30 heavy (non-hydrogen) atoms. The van der Waals surface area contributed by atoms with Gasteiger partial charge < -0.3 is 24.8 Å². The van der Waals surface area contributed by atoms with Gasteiger partial charge >= 0.3 is 0 Å². The van der Waals surface area contributed by atoms with Crippen molar-refractivity contribution < 1.29 is 24.2 Å². The van der Waals surface area contributed by atoms with Gasteiger partial charge in [-0.2, -0.15) is 0 Å². The molecule has 0 saturated carbocycles. The first-order valence-electron chi connectivity index (χ1n) is 10.7. The summed E-state index contributed by atoms with van der Waals surface area (Å²) < 4.78 is 10.9. The molecule has 2 N–H and O–H groups in total. The Bertz CT molecular complexity index is 683. The van der Waals surface area contributed by atoms with E-state index in [2.05, 4.69) is 5.32 Å². The smallest absolute Gasteiger partial charge is 0.225 e. The fraction of sp³-hybridized carbons (Fsp3) is 0.652. The number of carbonyl (C=O) groups is 2. The second-order valence-electron chi connectivity index (χ2n) is 8.19. The lowest BCUT2D eigenvalue weighted by molar-refractivity contribution is -0.141. The van der Waals surface area contributed by atoms with Crippen LogP contribution in [0.2, 0.25) is 0 Å². The molecule has 1 fully saturated rings. The number of nitrogens with zero attached hydrogens (tertiary/aromatic N) is 1. The highest BCUT2D eigenvalue weighted by molar-refractivity contribution is 5.80. The summed E-state index contributed by atoms with van der Waals surface area (Å²) in [7, 11) is 3.17. The number of hydrogen-bond acceptors (Lipinski definition) is 5. The number of carbonyl (C=O) groups excluding carboxylic acids is 2. The summed E-state index contributed by atoms with van der Waals surface area (Å²) in [4.78, 5) is 27.5. The molecule has 6 atom stereocenters. The molecule has 1 saturated heterocycles. The lowest BCUT2D eigenvalue weighted by Crippen LogP contribution is -2.51. The summed E-state index contributed by atoms with van der Waals surface area (Å²) >= 11 is 0. The average Bonchev–Trinajstić information content (AvgIpc) is 3.23. The van der Waals surface area contributed by atoms with Crippen LogP contribution in [0.1, 0.15) is 51.7 Å². The van der Waals surface area contributed by atoms with E-state index < -0.39 is 24.2 Å². The molecule has 0 unspecified atom stereocenters. The third-order valence-electron chi connectivity index (χ3n) is 6.03. The Kier molecular flexibility index (Phi) is 9.27. The molecular formula is C23H36N2O5. The number of aliphatic hydroxyl groups is 1. The monoisotopic (exact) mass is 420 g/mol. The van der Waals surface area contributed by atoms with Crippen LogP contribution < -0.4 is 5.32 Å². The minimum atomic E-state index is -0.802. The molecule has 0 spiro atoms. The Balaban J connectivity index is 2.02. The minimum absolute atomic E-state index is 0.0226. The number of hydrogen-bond donors (Lipinski definition) is 2. The van der Waals surface area contributed by atoms with Crippen LogP contribution >= 0.6 is 0 Å². The van der Waals surface area contributed by atoms with Crippen molar-refractivity contribution in [2.45, 2.75) is 70.4 Å². The van der Waals surface area contributed by atoms with Crippen molar-refractivity contribution in [3.05, 3.63) is 35.9 Å². The van der Waals surface area contributed by atoms with Gasteiger partial charge in [0.2, 0.25) is 11.8 Å². The van der Waals surface area contributed by atoms with Crippen LogP contribution in [0.5, 0.6) is 0 Å². The van der Waals surface area contributed by atoms with Gasteiger partial charge in [0.25, 0.3) is 0 Å². The van der Waals surface area contributed by atoms with Crippen molar-refractivity contribution in [3.8, 4) is 0 Å². The number of aliphatic hydroxyl groups excluding tert-OH is 1. The largest absolute Gasteiger partial charge is 0.386 e. The predicted molar refractivity (Wildman–Crippen MR) is 115 cm³/mol. The molecule has 7 nitrogen and oxygen atoms in total. The van der Waals surface area contributed by atoms with Gasteiger partial charge in [-0.05, 0) is 32.3 Å². The van der Waals surface area contributed by atoms with E-state index in [1.54, 1.807) is 21.1 Å².